The van der Waals surface area contributed by atoms with Gasteiger partial charge >= 0.3 is 0 Å². The summed E-state index contributed by atoms with van der Waals surface area (Å²) < 4.78 is 0. The Morgan fingerprint density at radius 2 is 2.00 bits per heavy atom. The zero-order valence-corrected chi connectivity index (χ0v) is 5.93. The van der Waals surface area contributed by atoms with Gasteiger partial charge in [0, 0.05) is 10.8 Å². The van der Waals surface area contributed by atoms with Gasteiger partial charge in [-0.3, -0.25) is 0 Å². The largest absolute Gasteiger partial charge is 0.0831 e. The van der Waals surface area contributed by atoms with Crippen LogP contribution in [0, 0.1) is 5.41 Å². The second kappa shape index (κ2) is 2.41. The lowest BCUT2D eigenvalue weighted by Crippen LogP contribution is -2.08. The van der Waals surface area contributed by atoms with E-state index in [1.54, 1.807) is 0 Å². The molecule has 7 heavy (non-hydrogen) atoms. The molecule has 41 valence electrons. The van der Waals surface area contributed by atoms with Crippen molar-refractivity contribution in [1.29, 1.82) is 0 Å². The van der Waals surface area contributed by atoms with Crippen LogP contribution >= 0.6 is 12.2 Å². The molecule has 0 heterocycles. The Labute approximate surface area is 50.9 Å². The van der Waals surface area contributed by atoms with E-state index in [0.29, 0.717) is 0 Å². The predicted molar refractivity (Wildman–Crippen MR) is 36.7 cm³/mol. The van der Waals surface area contributed by atoms with Gasteiger partial charge in [0.1, 0.15) is 0 Å². The maximum absolute atomic E-state index is 4.64. The molecule has 0 rings (SSSR count). The van der Waals surface area contributed by atoms with Gasteiger partial charge in [0.2, 0.25) is 0 Å². The molecular weight excluding hydrogens is 104 g/mol. The van der Waals surface area contributed by atoms with E-state index in [2.05, 4.69) is 38.4 Å². The molecule has 0 unspecified atom stereocenters. The Hall–Kier alpha value is 0.0900. The van der Waals surface area contributed by atoms with Gasteiger partial charge in [-0.1, -0.05) is 33.0 Å². The molecular formula is C6H11S. The summed E-state index contributed by atoms with van der Waals surface area (Å²) in [7, 11) is 0. The normalized spacial score (nSPS) is 11.3. The lowest BCUT2D eigenvalue weighted by atomic mass is 9.94. The van der Waals surface area contributed by atoms with E-state index >= 15 is 0 Å². The average Bonchev–Trinajstić information content (AvgIpc) is 1.68. The Balaban J connectivity index is 3.58. The summed E-state index contributed by atoms with van der Waals surface area (Å²) in [6.07, 6.45) is 1.08. The maximum atomic E-state index is 4.64. The first-order valence-electron chi connectivity index (χ1n) is 2.51. The molecule has 0 nitrogen and oxygen atoms in total. The van der Waals surface area contributed by atoms with Gasteiger partial charge in [0.15, 0.2) is 0 Å². The summed E-state index contributed by atoms with van der Waals surface area (Å²) in [4.78, 5) is 0. The van der Waals surface area contributed by atoms with Crippen molar-refractivity contribution >= 4 is 17.6 Å². The molecule has 0 spiro atoms. The van der Waals surface area contributed by atoms with Crippen LogP contribution in [-0.2, 0) is 0 Å². The minimum atomic E-state index is 0.148. The molecule has 0 amide bonds. The van der Waals surface area contributed by atoms with E-state index < -0.39 is 0 Å². The number of rotatable bonds is 2. The highest BCUT2D eigenvalue weighted by Gasteiger charge is 2.09. The van der Waals surface area contributed by atoms with Crippen LogP contribution in [0.3, 0.4) is 0 Å². The zero-order chi connectivity index (χ0) is 5.91. The summed E-state index contributed by atoms with van der Waals surface area (Å²) in [6.45, 7) is 6.28. The van der Waals surface area contributed by atoms with Crippen molar-refractivity contribution in [3.8, 4) is 0 Å². The van der Waals surface area contributed by atoms with Gasteiger partial charge in [-0.05, 0) is 6.42 Å². The quantitative estimate of drug-likeness (QED) is 0.498. The van der Waals surface area contributed by atoms with Gasteiger partial charge in [0.05, 0.1) is 0 Å². The molecule has 0 saturated heterocycles. The van der Waals surface area contributed by atoms with E-state index in [1.165, 1.54) is 0 Å². The van der Waals surface area contributed by atoms with Crippen molar-refractivity contribution in [2.75, 3.05) is 0 Å². The third-order valence-electron chi connectivity index (χ3n) is 1.16. The van der Waals surface area contributed by atoms with Crippen molar-refractivity contribution in [3.63, 3.8) is 0 Å². The second-order valence-electron chi connectivity index (χ2n) is 2.34. The maximum Gasteiger partial charge on any atom is 0.0353 e. The fourth-order valence-electron chi connectivity index (χ4n) is 0.0722. The standard InChI is InChI=1S/C6H11S/c1-4-6(2,3)5-7/h4H2,1-3H3. The molecule has 1 radical (unpaired) electrons. The molecule has 0 aromatic rings. The fourth-order valence-corrected chi connectivity index (χ4v) is 0.217. The van der Waals surface area contributed by atoms with Crippen molar-refractivity contribution in [3.05, 3.63) is 0 Å². The Kier molecular flexibility index (Phi) is 2.44. The molecule has 0 aliphatic rings. The summed E-state index contributed by atoms with van der Waals surface area (Å²) in [5.74, 6) is 0. The van der Waals surface area contributed by atoms with Crippen LogP contribution in [0.2, 0.25) is 0 Å². The molecule has 0 bridgehead atoms. The third-order valence-corrected chi connectivity index (χ3v) is 1.71. The lowest BCUT2D eigenvalue weighted by Gasteiger charge is -2.12. The second-order valence-corrected chi connectivity index (χ2v) is 2.54. The predicted octanol–water partition coefficient (Wildman–Crippen LogP) is 2.30. The van der Waals surface area contributed by atoms with Gasteiger partial charge in [-0.25, -0.2) is 0 Å². The van der Waals surface area contributed by atoms with Crippen LogP contribution in [0.15, 0.2) is 0 Å². The zero-order valence-electron chi connectivity index (χ0n) is 5.12. The molecule has 0 aromatic heterocycles. The molecule has 0 aromatic carbocycles. The van der Waals surface area contributed by atoms with Crippen LogP contribution in [0.5, 0.6) is 0 Å². The monoisotopic (exact) mass is 115 g/mol. The molecule has 0 saturated carbocycles. The van der Waals surface area contributed by atoms with Gasteiger partial charge < -0.3 is 0 Å². The highest BCUT2D eigenvalue weighted by molar-refractivity contribution is 7.79. The first-order chi connectivity index (χ1) is 3.12. The molecule has 1 heteroatoms. The summed E-state index contributed by atoms with van der Waals surface area (Å²) in [5, 5.41) is 2.77. The SMILES string of the molecule is CCC(C)(C)[C]=S. The average molecular weight is 115 g/mol. The van der Waals surface area contributed by atoms with Crippen molar-refractivity contribution in [1.82, 2.24) is 0 Å². The summed E-state index contributed by atoms with van der Waals surface area (Å²) in [6, 6.07) is 0. The van der Waals surface area contributed by atoms with Crippen LogP contribution in [0.4, 0.5) is 0 Å². The highest BCUT2D eigenvalue weighted by Crippen LogP contribution is 2.15. The van der Waals surface area contributed by atoms with E-state index in [-0.39, 0.29) is 5.41 Å². The van der Waals surface area contributed by atoms with E-state index in [9.17, 15) is 0 Å². The molecule has 0 aliphatic carbocycles. The Morgan fingerprint density at radius 3 is 2.00 bits per heavy atom. The molecule has 0 N–H and O–H groups in total. The van der Waals surface area contributed by atoms with Gasteiger partial charge in [-0.2, -0.15) is 0 Å². The van der Waals surface area contributed by atoms with Crippen molar-refractivity contribution < 1.29 is 0 Å². The topological polar surface area (TPSA) is 0 Å². The molecule has 0 fully saturated rings. The Morgan fingerprint density at radius 1 is 1.57 bits per heavy atom. The van der Waals surface area contributed by atoms with Crippen molar-refractivity contribution in [2.45, 2.75) is 27.2 Å². The molecule has 0 atom stereocenters. The third kappa shape index (κ3) is 2.75. The number of hydrogen-bond donors (Lipinski definition) is 0. The van der Waals surface area contributed by atoms with E-state index in [1.807, 2.05) is 0 Å². The number of thiocarbonyl (C=S) groups is 1. The highest BCUT2D eigenvalue weighted by atomic mass is 32.1. The number of hydrogen-bond acceptors (Lipinski definition) is 1. The summed E-state index contributed by atoms with van der Waals surface area (Å²) in [5.41, 5.74) is 0.148. The molecule has 0 aliphatic heterocycles. The van der Waals surface area contributed by atoms with Crippen LogP contribution in [0.25, 0.3) is 0 Å². The first-order valence-corrected chi connectivity index (χ1v) is 2.92. The van der Waals surface area contributed by atoms with Crippen molar-refractivity contribution in [2.24, 2.45) is 5.41 Å². The summed E-state index contributed by atoms with van der Waals surface area (Å²) >= 11 is 4.64. The van der Waals surface area contributed by atoms with Gasteiger partial charge in [-0.15, -0.1) is 0 Å². The van der Waals surface area contributed by atoms with Crippen LogP contribution < -0.4 is 0 Å². The smallest absolute Gasteiger partial charge is 0.0353 e. The first kappa shape index (κ1) is 7.09. The minimum Gasteiger partial charge on any atom is -0.0831 e. The van der Waals surface area contributed by atoms with Gasteiger partial charge in [0.25, 0.3) is 0 Å². The fraction of sp³-hybridized carbons (Fsp3) is 0.833. The lowest BCUT2D eigenvalue weighted by molar-refractivity contribution is 0.522. The van der Waals surface area contributed by atoms with Crippen LogP contribution in [-0.4, -0.2) is 5.37 Å². The van der Waals surface area contributed by atoms with Crippen LogP contribution in [0.1, 0.15) is 27.2 Å². The van der Waals surface area contributed by atoms with E-state index in [0.717, 1.165) is 6.42 Å². The Bertz CT molecular complexity index is 64.6. The van der Waals surface area contributed by atoms with E-state index in [4.69, 9.17) is 0 Å². The minimum absolute atomic E-state index is 0.148.